The fourth-order valence-corrected chi connectivity index (χ4v) is 8.88. The van der Waals surface area contributed by atoms with Gasteiger partial charge in [0.05, 0.1) is 40.9 Å². The number of nitrogens with one attached hydrogen (secondary N) is 1. The Labute approximate surface area is 366 Å². The number of phenols is 2. The lowest BCUT2D eigenvalue weighted by molar-refractivity contribution is -0.160. The number of ether oxygens (including phenoxy) is 4. The van der Waals surface area contributed by atoms with Crippen LogP contribution in [-0.4, -0.2) is 106 Å². The number of rotatable bonds is 4. The van der Waals surface area contributed by atoms with Crippen molar-refractivity contribution >= 4 is 34.1 Å². The lowest BCUT2D eigenvalue weighted by Gasteiger charge is -2.38. The van der Waals surface area contributed by atoms with Gasteiger partial charge in [-0.1, -0.05) is 59.6 Å². The second kappa shape index (κ2) is 17.5. The number of likely N-dealkylation sites (tertiary alicyclic amines) is 1. The number of esters is 1. The fraction of sp³-hybridized carbons (Fsp3) is 0.587. The number of ketones is 1. The predicted molar refractivity (Wildman–Crippen MR) is 228 cm³/mol. The molecule has 1 fully saturated rings. The number of piperidine rings is 1. The van der Waals surface area contributed by atoms with E-state index in [1.165, 1.54) is 53.2 Å². The Hall–Kier alpha value is -4.83. The fourth-order valence-electron chi connectivity index (χ4n) is 8.88. The number of allylic oxidation sites excluding steroid dienone is 2. The van der Waals surface area contributed by atoms with Crippen molar-refractivity contribution in [2.45, 2.75) is 118 Å². The van der Waals surface area contributed by atoms with Gasteiger partial charge >= 0.3 is 11.8 Å². The van der Waals surface area contributed by atoms with Crippen LogP contribution in [0.25, 0.3) is 10.8 Å². The van der Waals surface area contributed by atoms with Crippen molar-refractivity contribution in [3.05, 3.63) is 58.0 Å². The van der Waals surface area contributed by atoms with E-state index in [-0.39, 0.29) is 75.6 Å². The summed E-state index contributed by atoms with van der Waals surface area (Å²) >= 11 is 0. The zero-order valence-corrected chi connectivity index (χ0v) is 36.0. The van der Waals surface area contributed by atoms with Gasteiger partial charge in [0.2, 0.25) is 0 Å². The van der Waals surface area contributed by atoms with Crippen LogP contribution in [0.2, 0.25) is 0 Å². The number of amides is 1. The van der Waals surface area contributed by atoms with Crippen LogP contribution in [0.4, 0.5) is 5.69 Å². The lowest BCUT2D eigenvalue weighted by Crippen LogP contribution is -2.46. The Morgan fingerprint density at radius 1 is 1.02 bits per heavy atom. The predicted octanol–water partition coefficient (Wildman–Crippen LogP) is 4.75. The Kier molecular flexibility index (Phi) is 10.6. The molecule has 4 aliphatic rings. The number of Topliss-reactive ketones (excluding diaryl/α,β-unsaturated/α-hetero) is 1. The molecule has 9 atom stereocenters. The zero-order chi connectivity index (χ0) is 50.8. The average molecular weight is 854 g/mol. The maximum absolute atomic E-state index is 14.8. The number of aliphatic hydroxyl groups is 2. The summed E-state index contributed by atoms with van der Waals surface area (Å²) in [6.45, 7) is 5.59. The highest BCUT2D eigenvalue weighted by Crippen LogP contribution is 2.50. The number of hydrogen-bond donors (Lipinski definition) is 5. The molecule has 0 unspecified atom stereocenters. The first-order valence-corrected chi connectivity index (χ1v) is 20.5. The van der Waals surface area contributed by atoms with Crippen molar-refractivity contribution in [2.24, 2.45) is 39.6 Å². The number of methoxy groups -OCH3 is 1. The van der Waals surface area contributed by atoms with E-state index in [2.05, 4.69) is 5.32 Å². The third-order valence-electron chi connectivity index (χ3n) is 12.6. The summed E-state index contributed by atoms with van der Waals surface area (Å²) in [5.41, 5.74) is -1.53. The number of nitrogens with zero attached hydrogens (tertiary/aromatic N) is 3. The van der Waals surface area contributed by atoms with Crippen LogP contribution >= 0.6 is 0 Å². The molecule has 332 valence electrons. The molecule has 6 rings (SSSR count). The number of hydrogen-bond acceptors (Lipinski definition) is 14. The minimum atomic E-state index is -3.15. The molecule has 0 aromatic heterocycles. The molecule has 0 saturated carbocycles. The Morgan fingerprint density at radius 3 is 2.33 bits per heavy atom. The van der Waals surface area contributed by atoms with Gasteiger partial charge in [-0.3, -0.25) is 24.4 Å². The van der Waals surface area contributed by atoms with Gasteiger partial charge in [-0.15, -0.1) is 0 Å². The second-order valence-corrected chi connectivity index (χ2v) is 17.0. The Morgan fingerprint density at radius 2 is 1.69 bits per heavy atom. The molecule has 1 amide bonds. The molecule has 0 radical (unpaired) electrons. The molecule has 15 nitrogen and oxygen atoms in total. The SMILES string of the molecule is [2H]C([2H])([2H])C([2H])(CN1CCC2(CC1)N=c1c3c(O)c4c(O)c(C)c5c(c4c1=N2)C(=O)[C@@](C)(O/C=C/[C@H](OC)[C@@H](C)[C@@H](OC(C)=O)[C@H](C)[C@H](O)[C@H](C)[C@@H](O)[C@@H](C)/C=C/C=C(\C)C(=O)N3)O5)C([2H])([2H])[2H]. The molecule has 1 spiro atoms. The second-order valence-electron chi connectivity index (χ2n) is 17.0. The van der Waals surface area contributed by atoms with Gasteiger partial charge in [-0.05, 0) is 25.8 Å². The lowest BCUT2D eigenvalue weighted by atomic mass is 9.78. The number of carbonyl (C=O) groups is 3. The highest BCUT2D eigenvalue weighted by molar-refractivity contribution is 6.19. The first kappa shape index (κ1) is 36.8. The molecular formula is C46H62N4O11. The first-order chi connectivity index (χ1) is 31.4. The molecule has 15 heteroatoms. The van der Waals surface area contributed by atoms with E-state index < -0.39 is 115 Å². The minimum absolute atomic E-state index is 0.0127. The highest BCUT2D eigenvalue weighted by Gasteiger charge is 2.50. The molecule has 2 aromatic carbocycles. The van der Waals surface area contributed by atoms with Crippen LogP contribution in [0.1, 0.15) is 101 Å². The quantitative estimate of drug-likeness (QED) is 0.209. The third-order valence-corrected chi connectivity index (χ3v) is 12.6. The number of carbonyl (C=O) groups excluding carboxylic acids is 3. The third kappa shape index (κ3) is 8.54. The van der Waals surface area contributed by atoms with Gasteiger partial charge in [-0.2, -0.15) is 0 Å². The van der Waals surface area contributed by atoms with Crippen LogP contribution in [-0.2, 0) is 23.8 Å². The van der Waals surface area contributed by atoms with E-state index in [1.54, 1.807) is 44.7 Å². The van der Waals surface area contributed by atoms with E-state index in [4.69, 9.17) is 38.5 Å². The van der Waals surface area contributed by atoms with E-state index in [1.807, 2.05) is 0 Å². The van der Waals surface area contributed by atoms with E-state index >= 15 is 0 Å². The van der Waals surface area contributed by atoms with Crippen LogP contribution in [0.3, 0.4) is 0 Å². The molecule has 4 aliphatic heterocycles. The first-order valence-electron chi connectivity index (χ1n) is 24.0. The maximum Gasteiger partial charge on any atom is 0.312 e. The number of anilines is 1. The zero-order valence-electron chi connectivity index (χ0n) is 43.0. The molecule has 1 saturated heterocycles. The molecule has 61 heavy (non-hydrogen) atoms. The summed E-state index contributed by atoms with van der Waals surface area (Å²) in [5, 5.41) is 49.4. The standard InChI is InChI=1S/C46H62N4O11/c1-22(2)21-50-18-16-46(17-19-50)48-34-31-32-39(54)28(8)42-33(31)43(56)45(10,61-42)59-20-15-30(58-11)25(5)41(60-29(9)51)27(7)38(53)26(6)37(52)23(3)13-12-14-24(4)44(57)47-36(40(32)55)35(34)49-46/h12-15,20,22-23,25-27,30,37-38,41,52-55H,16-19,21H2,1-11H3,(H,47,57)/b13-12+,20-15+,24-14+/t23-,25+,26+,27+,30-,37-,38+,41+,45-/m0/s1/i1D3,2D3,22D. The molecule has 0 aliphatic carbocycles. The van der Waals surface area contributed by atoms with Gasteiger partial charge in [0.1, 0.15) is 28.6 Å². The summed E-state index contributed by atoms with van der Waals surface area (Å²) < 4.78 is 80.0. The summed E-state index contributed by atoms with van der Waals surface area (Å²) in [4.78, 5) is 52.7. The number of phenolic OH excluding ortho intramolecular Hbond substituents is 2. The van der Waals surface area contributed by atoms with Crippen LogP contribution in [0.15, 0.2) is 46.1 Å². The number of aromatic hydroxyl groups is 2. The minimum Gasteiger partial charge on any atom is -0.507 e. The van der Waals surface area contributed by atoms with Crippen molar-refractivity contribution in [3.63, 3.8) is 0 Å². The van der Waals surface area contributed by atoms with Crippen LogP contribution in [0.5, 0.6) is 17.2 Å². The summed E-state index contributed by atoms with van der Waals surface area (Å²) in [5.74, 6) is -10.8. The van der Waals surface area contributed by atoms with E-state index in [0.717, 1.165) is 0 Å². The van der Waals surface area contributed by atoms with Gasteiger partial charge in [-0.25, -0.2) is 0 Å². The van der Waals surface area contributed by atoms with Gasteiger partial charge in [0.15, 0.2) is 11.4 Å². The molecule has 5 N–H and O–H groups in total. The molecule has 4 bridgehead atoms. The smallest absolute Gasteiger partial charge is 0.312 e. The average Bonchev–Trinajstić information content (AvgIpc) is 3.76. The van der Waals surface area contributed by atoms with Gasteiger partial charge < -0.3 is 49.6 Å². The van der Waals surface area contributed by atoms with E-state index in [0.29, 0.717) is 0 Å². The molecule has 2 aromatic rings. The van der Waals surface area contributed by atoms with E-state index in [9.17, 15) is 34.8 Å². The number of aliphatic hydroxyl groups excluding tert-OH is 2. The summed E-state index contributed by atoms with van der Waals surface area (Å²) in [6.07, 6.45) is 3.44. The van der Waals surface area contributed by atoms with Crippen molar-refractivity contribution in [1.29, 1.82) is 0 Å². The van der Waals surface area contributed by atoms with Crippen LogP contribution < -0.4 is 20.8 Å². The Bertz CT molecular complexity index is 2560. The van der Waals surface area contributed by atoms with Crippen LogP contribution in [0, 0.1) is 36.5 Å². The topological polar surface area (TPSA) is 209 Å². The molecule has 4 heterocycles. The Balaban J connectivity index is 1.52. The number of fused-ring (bicyclic) bond motifs is 1. The van der Waals surface area contributed by atoms with Crippen molar-refractivity contribution < 1.29 is 63.4 Å². The maximum atomic E-state index is 14.8. The summed E-state index contributed by atoms with van der Waals surface area (Å²) in [7, 11) is 1.42. The van der Waals surface area contributed by atoms with Crippen molar-refractivity contribution in [3.8, 4) is 17.2 Å². The number of benzene rings is 2. The molecular weight excluding hydrogens is 785 g/mol. The van der Waals surface area contributed by atoms with Gasteiger partial charge in [0.25, 0.3) is 11.7 Å². The van der Waals surface area contributed by atoms with Crippen molar-refractivity contribution in [2.75, 3.05) is 32.1 Å². The summed E-state index contributed by atoms with van der Waals surface area (Å²) in [6, 6.07) is 0. The highest BCUT2D eigenvalue weighted by atomic mass is 16.7. The van der Waals surface area contributed by atoms with Crippen molar-refractivity contribution in [1.82, 2.24) is 4.90 Å². The normalized spacial score (nSPS) is 34.9. The van der Waals surface area contributed by atoms with Gasteiger partial charge in [0, 0.05) is 103 Å². The monoisotopic (exact) mass is 853 g/mol. The largest absolute Gasteiger partial charge is 0.507 e.